The number of carbonyl (C=O) groups is 2. The van der Waals surface area contributed by atoms with Gasteiger partial charge < -0.3 is 20.3 Å². The minimum atomic E-state index is -0.667. The van der Waals surface area contributed by atoms with Crippen LogP contribution in [0.25, 0.3) is 0 Å². The van der Waals surface area contributed by atoms with Crippen LogP contribution < -0.4 is 5.32 Å². The lowest BCUT2D eigenvalue weighted by Crippen LogP contribution is -2.45. The number of hydrogen-bond acceptors (Lipinski definition) is 5. The summed E-state index contributed by atoms with van der Waals surface area (Å²) in [6, 6.07) is -0.544. The molecule has 0 saturated carbocycles. The molecule has 6 nitrogen and oxygen atoms in total. The van der Waals surface area contributed by atoms with Crippen molar-refractivity contribution in [3.05, 3.63) is 36.5 Å². The van der Waals surface area contributed by atoms with Crippen molar-refractivity contribution < 1.29 is 24.5 Å². The first kappa shape index (κ1) is 85.1. The Morgan fingerprint density at radius 1 is 0.322 bits per heavy atom. The van der Waals surface area contributed by atoms with Gasteiger partial charge in [-0.15, -0.1) is 0 Å². The van der Waals surface area contributed by atoms with Crippen LogP contribution in [0.15, 0.2) is 36.5 Å². The van der Waals surface area contributed by atoms with Gasteiger partial charge in [0, 0.05) is 12.8 Å². The van der Waals surface area contributed by atoms with E-state index >= 15 is 0 Å². The zero-order chi connectivity index (χ0) is 62.8. The van der Waals surface area contributed by atoms with E-state index in [2.05, 4.69) is 55.6 Å². The molecule has 0 spiro atoms. The molecule has 1 amide bonds. The Hall–Kier alpha value is -1.92. The molecule has 0 bridgehead atoms. The molecule has 87 heavy (non-hydrogen) atoms. The summed E-state index contributed by atoms with van der Waals surface area (Å²) in [6.07, 6.45) is 99.4. The fraction of sp³-hybridized carbons (Fsp3) is 0.901. The van der Waals surface area contributed by atoms with E-state index in [-0.39, 0.29) is 18.5 Å². The van der Waals surface area contributed by atoms with Crippen molar-refractivity contribution in [3.63, 3.8) is 0 Å². The molecule has 0 aliphatic carbocycles. The maximum Gasteiger partial charge on any atom is 0.305 e. The number of hydrogen-bond donors (Lipinski definition) is 3. The van der Waals surface area contributed by atoms with Crippen LogP contribution >= 0.6 is 0 Å². The van der Waals surface area contributed by atoms with Crippen LogP contribution in [0.4, 0.5) is 0 Å². The van der Waals surface area contributed by atoms with Crippen molar-refractivity contribution in [1.82, 2.24) is 5.32 Å². The first-order valence-corrected chi connectivity index (χ1v) is 39.7. The van der Waals surface area contributed by atoms with Gasteiger partial charge in [-0.05, 0) is 83.5 Å². The Balaban J connectivity index is 3.38. The van der Waals surface area contributed by atoms with Gasteiger partial charge in [0.25, 0.3) is 0 Å². The molecule has 6 heteroatoms. The fourth-order valence-corrected chi connectivity index (χ4v) is 12.6. The normalized spacial score (nSPS) is 12.6. The minimum Gasteiger partial charge on any atom is -0.466 e. The lowest BCUT2D eigenvalue weighted by Gasteiger charge is -2.22. The van der Waals surface area contributed by atoms with Gasteiger partial charge in [0.1, 0.15) is 0 Å². The van der Waals surface area contributed by atoms with Crippen LogP contribution in [0.5, 0.6) is 0 Å². The second kappa shape index (κ2) is 76.5. The van der Waals surface area contributed by atoms with Gasteiger partial charge in [0.2, 0.25) is 5.91 Å². The SMILES string of the molecule is CCCCC/C=C\C/C=C\CCCCCCCCCCCC(=O)OCCCCCCCCCCCCCC/C=C\CCCCCCCCCCCCCC(=O)NC(CO)C(O)CCCCCCCCCCCCCCCCCCCCCCCCCC. The second-order valence-electron chi connectivity index (χ2n) is 27.4. The maximum atomic E-state index is 12.6. The summed E-state index contributed by atoms with van der Waals surface area (Å²) in [7, 11) is 0. The lowest BCUT2D eigenvalue weighted by molar-refractivity contribution is -0.143. The Labute approximate surface area is 544 Å². The molecule has 0 heterocycles. The topological polar surface area (TPSA) is 95.9 Å². The summed E-state index contributed by atoms with van der Waals surface area (Å²) in [5, 5.41) is 23.5. The molecule has 0 radical (unpaired) electrons. The Bertz CT molecular complexity index is 1410. The molecule has 0 aliphatic heterocycles. The third kappa shape index (κ3) is 73.0. The molecule has 2 unspecified atom stereocenters. The van der Waals surface area contributed by atoms with E-state index in [0.29, 0.717) is 25.9 Å². The standard InChI is InChI=1S/C81H155NO5/c1-3-5-7-9-11-13-15-17-19-21-23-24-25-31-34-38-41-45-49-53-57-61-65-69-73-79(84)78(77-83)82-80(85)74-70-66-62-58-54-50-46-42-39-35-32-29-27-26-28-30-33-36-40-44-48-52-56-60-64-68-72-76-87-81(86)75-71-67-63-59-55-51-47-43-37-22-20-18-16-14-12-10-8-6-4-2/h12,14,18,20,26-27,78-79,83-84H,3-11,13,15-17,19,21-25,28-77H2,1-2H3,(H,82,85)/b14-12-,20-18-,27-26-. The van der Waals surface area contributed by atoms with E-state index < -0.39 is 12.1 Å². The molecular formula is C81H155NO5. The summed E-state index contributed by atoms with van der Waals surface area (Å²) >= 11 is 0. The molecule has 0 saturated heterocycles. The number of unbranched alkanes of at least 4 members (excludes halogenated alkanes) is 58. The number of rotatable bonds is 75. The number of ether oxygens (including phenoxy) is 1. The van der Waals surface area contributed by atoms with Gasteiger partial charge in [0.05, 0.1) is 25.4 Å². The number of esters is 1. The van der Waals surface area contributed by atoms with Gasteiger partial charge in [0.15, 0.2) is 0 Å². The van der Waals surface area contributed by atoms with E-state index in [1.165, 1.54) is 360 Å². The van der Waals surface area contributed by atoms with Crippen molar-refractivity contribution in [2.75, 3.05) is 13.2 Å². The highest BCUT2D eigenvalue weighted by molar-refractivity contribution is 5.76. The van der Waals surface area contributed by atoms with Crippen molar-refractivity contribution in [1.29, 1.82) is 0 Å². The van der Waals surface area contributed by atoms with Crippen LogP contribution in [-0.2, 0) is 14.3 Å². The lowest BCUT2D eigenvalue weighted by atomic mass is 10.0. The average molecular weight is 1220 g/mol. The predicted octanol–water partition coefficient (Wildman–Crippen LogP) is 26.2. The zero-order valence-corrected chi connectivity index (χ0v) is 59.0. The van der Waals surface area contributed by atoms with Crippen molar-refractivity contribution in [2.45, 2.75) is 456 Å². The van der Waals surface area contributed by atoms with E-state index in [9.17, 15) is 19.8 Å². The summed E-state index contributed by atoms with van der Waals surface area (Å²) < 4.78 is 5.51. The number of aliphatic hydroxyl groups excluding tert-OH is 2. The molecule has 0 rings (SSSR count). The summed E-state index contributed by atoms with van der Waals surface area (Å²) in [4.78, 5) is 24.7. The van der Waals surface area contributed by atoms with Crippen molar-refractivity contribution >= 4 is 11.9 Å². The monoisotopic (exact) mass is 1220 g/mol. The highest BCUT2D eigenvalue weighted by Gasteiger charge is 2.20. The smallest absolute Gasteiger partial charge is 0.305 e. The molecule has 0 aromatic rings. The molecule has 2 atom stereocenters. The van der Waals surface area contributed by atoms with Gasteiger partial charge >= 0.3 is 5.97 Å². The second-order valence-corrected chi connectivity index (χ2v) is 27.4. The highest BCUT2D eigenvalue weighted by Crippen LogP contribution is 2.20. The summed E-state index contributed by atoms with van der Waals surface area (Å²) in [6.45, 7) is 4.97. The quantitative estimate of drug-likeness (QED) is 0.0320. The largest absolute Gasteiger partial charge is 0.466 e. The van der Waals surface area contributed by atoms with Gasteiger partial charge in [-0.1, -0.05) is 384 Å². The number of amides is 1. The van der Waals surface area contributed by atoms with Gasteiger partial charge in [-0.2, -0.15) is 0 Å². The maximum absolute atomic E-state index is 12.6. The van der Waals surface area contributed by atoms with Crippen LogP contribution in [0.2, 0.25) is 0 Å². The van der Waals surface area contributed by atoms with Crippen molar-refractivity contribution in [2.24, 2.45) is 0 Å². The Morgan fingerprint density at radius 3 is 0.908 bits per heavy atom. The predicted molar refractivity (Wildman–Crippen MR) is 384 cm³/mol. The fourth-order valence-electron chi connectivity index (χ4n) is 12.6. The molecule has 0 fully saturated rings. The summed E-state index contributed by atoms with van der Waals surface area (Å²) in [5.41, 5.74) is 0. The average Bonchev–Trinajstić information content (AvgIpc) is 3.58. The van der Waals surface area contributed by atoms with Crippen LogP contribution in [0.3, 0.4) is 0 Å². The molecule has 0 aromatic heterocycles. The van der Waals surface area contributed by atoms with E-state index in [1.54, 1.807) is 0 Å². The third-order valence-electron chi connectivity index (χ3n) is 18.7. The minimum absolute atomic E-state index is 0.0123. The third-order valence-corrected chi connectivity index (χ3v) is 18.7. The summed E-state index contributed by atoms with van der Waals surface area (Å²) in [5.74, 6) is -0.0183. The van der Waals surface area contributed by atoms with Crippen molar-refractivity contribution in [3.8, 4) is 0 Å². The Morgan fingerprint density at radius 2 is 0.575 bits per heavy atom. The molecular weight excluding hydrogens is 1070 g/mol. The molecule has 514 valence electrons. The van der Waals surface area contributed by atoms with Crippen LogP contribution in [0, 0.1) is 0 Å². The number of carbonyl (C=O) groups excluding carboxylic acids is 2. The first-order valence-electron chi connectivity index (χ1n) is 39.7. The van der Waals surface area contributed by atoms with Crippen LogP contribution in [-0.4, -0.2) is 47.4 Å². The van der Waals surface area contributed by atoms with Gasteiger partial charge in [-0.3, -0.25) is 9.59 Å². The van der Waals surface area contributed by atoms with Gasteiger partial charge in [-0.25, -0.2) is 0 Å². The molecule has 0 aliphatic rings. The Kier molecular flexibility index (Phi) is 74.8. The zero-order valence-electron chi connectivity index (χ0n) is 59.0. The van der Waals surface area contributed by atoms with E-state index in [0.717, 1.165) is 51.4 Å². The molecule has 3 N–H and O–H groups in total. The number of nitrogens with one attached hydrogen (secondary N) is 1. The number of allylic oxidation sites excluding steroid dienone is 6. The molecule has 0 aromatic carbocycles. The first-order chi connectivity index (χ1) is 43.0. The van der Waals surface area contributed by atoms with Crippen LogP contribution in [0.1, 0.15) is 444 Å². The number of aliphatic hydroxyl groups is 2. The highest BCUT2D eigenvalue weighted by atomic mass is 16.5. The van der Waals surface area contributed by atoms with E-state index in [1.807, 2.05) is 0 Å². The van der Waals surface area contributed by atoms with E-state index in [4.69, 9.17) is 4.74 Å².